The maximum absolute atomic E-state index is 12.1. The molecule has 0 fully saturated rings. The van der Waals surface area contributed by atoms with Crippen molar-refractivity contribution >= 4 is 32.5 Å². The molecule has 1 aromatic heterocycles. The van der Waals surface area contributed by atoms with Crippen molar-refractivity contribution in [2.75, 3.05) is 5.33 Å². The van der Waals surface area contributed by atoms with Crippen molar-refractivity contribution in [2.45, 2.75) is 13.0 Å². The van der Waals surface area contributed by atoms with Crippen molar-refractivity contribution in [3.63, 3.8) is 0 Å². The summed E-state index contributed by atoms with van der Waals surface area (Å²) in [6, 6.07) is 4.11. The topological polar surface area (TPSA) is 78.0 Å². The van der Waals surface area contributed by atoms with Crippen molar-refractivity contribution in [2.24, 2.45) is 0 Å². The molecule has 6 nitrogen and oxygen atoms in total. The number of alkyl halides is 1. The lowest BCUT2D eigenvalue weighted by Crippen LogP contribution is -2.20. The third kappa shape index (κ3) is 2.40. The maximum atomic E-state index is 12.1. The highest BCUT2D eigenvalue weighted by atomic mass is 79.9. The molecule has 0 aliphatic heterocycles. The Morgan fingerprint density at radius 2 is 2.22 bits per heavy atom. The predicted molar refractivity (Wildman–Crippen MR) is 71.1 cm³/mol. The molecule has 1 heterocycles. The van der Waals surface area contributed by atoms with Gasteiger partial charge >= 0.3 is 0 Å². The third-order valence-electron chi connectivity index (χ3n) is 2.55. The van der Waals surface area contributed by atoms with E-state index in [0.29, 0.717) is 12.1 Å². The zero-order valence-corrected chi connectivity index (χ0v) is 11.0. The Morgan fingerprint density at radius 1 is 1.44 bits per heavy atom. The van der Waals surface area contributed by atoms with E-state index in [2.05, 4.69) is 20.9 Å². The molecule has 0 unspecified atom stereocenters. The van der Waals surface area contributed by atoms with Crippen LogP contribution in [0, 0.1) is 10.1 Å². The lowest BCUT2D eigenvalue weighted by molar-refractivity contribution is -0.384. The number of fused-ring (bicyclic) bond motifs is 1. The zero-order valence-electron chi connectivity index (χ0n) is 9.38. The Bertz CT molecular complexity index is 654. The summed E-state index contributed by atoms with van der Waals surface area (Å²) in [5, 5.41) is 11.7. The number of hydrogen-bond donors (Lipinski definition) is 0. The van der Waals surface area contributed by atoms with Crippen LogP contribution in [-0.4, -0.2) is 19.8 Å². The minimum absolute atomic E-state index is 0.0976. The zero-order chi connectivity index (χ0) is 13.1. The van der Waals surface area contributed by atoms with Crippen LogP contribution in [0.4, 0.5) is 5.69 Å². The van der Waals surface area contributed by atoms with Crippen LogP contribution >= 0.6 is 15.9 Å². The summed E-state index contributed by atoms with van der Waals surface area (Å²) in [7, 11) is 0. The number of non-ortho nitro benzene ring substituents is 1. The van der Waals surface area contributed by atoms with Crippen LogP contribution in [0.3, 0.4) is 0 Å². The molecule has 0 atom stereocenters. The van der Waals surface area contributed by atoms with E-state index in [4.69, 9.17) is 0 Å². The Balaban J connectivity index is 2.57. The van der Waals surface area contributed by atoms with Gasteiger partial charge in [0.1, 0.15) is 0 Å². The smallest absolute Gasteiger partial charge is 0.270 e. The number of rotatable bonds is 4. The SMILES string of the molecule is O=c1c2cc([N+](=O)[O-])ccc2ncn1CCCBr. The quantitative estimate of drug-likeness (QED) is 0.492. The number of nitrogens with zero attached hydrogens (tertiary/aromatic N) is 3. The first kappa shape index (κ1) is 12.7. The number of aromatic nitrogens is 2. The summed E-state index contributed by atoms with van der Waals surface area (Å²) >= 11 is 3.29. The number of halogens is 1. The first-order chi connectivity index (χ1) is 8.63. The van der Waals surface area contributed by atoms with E-state index in [-0.39, 0.29) is 16.6 Å². The molecule has 2 aromatic rings. The summed E-state index contributed by atoms with van der Waals surface area (Å²) in [5.74, 6) is 0. The van der Waals surface area contributed by atoms with E-state index >= 15 is 0 Å². The van der Waals surface area contributed by atoms with Crippen LogP contribution in [0.2, 0.25) is 0 Å². The monoisotopic (exact) mass is 311 g/mol. The number of hydrogen-bond acceptors (Lipinski definition) is 4. The molecule has 18 heavy (non-hydrogen) atoms. The Hall–Kier alpha value is -1.76. The molecule has 0 bridgehead atoms. The fourth-order valence-corrected chi connectivity index (χ4v) is 1.90. The molecule has 0 aliphatic carbocycles. The second-order valence-corrected chi connectivity index (χ2v) is 4.54. The fraction of sp³-hybridized carbons (Fsp3) is 0.273. The molecule has 0 saturated heterocycles. The summed E-state index contributed by atoms with van der Waals surface area (Å²) in [5.41, 5.74) is 0.130. The highest BCUT2D eigenvalue weighted by Gasteiger charge is 2.10. The molecular weight excluding hydrogens is 302 g/mol. The van der Waals surface area contributed by atoms with E-state index in [0.717, 1.165) is 11.8 Å². The number of nitro benzene ring substituents is 1. The van der Waals surface area contributed by atoms with E-state index in [1.54, 1.807) is 0 Å². The third-order valence-corrected chi connectivity index (χ3v) is 3.11. The number of nitro groups is 1. The van der Waals surface area contributed by atoms with E-state index in [1.807, 2.05) is 0 Å². The largest absolute Gasteiger partial charge is 0.299 e. The highest BCUT2D eigenvalue weighted by molar-refractivity contribution is 9.09. The minimum atomic E-state index is -0.519. The summed E-state index contributed by atoms with van der Waals surface area (Å²) in [6.45, 7) is 0.537. The van der Waals surface area contributed by atoms with Gasteiger partial charge < -0.3 is 0 Å². The van der Waals surface area contributed by atoms with Gasteiger partial charge in [0.2, 0.25) is 0 Å². The van der Waals surface area contributed by atoms with Crippen LogP contribution in [-0.2, 0) is 6.54 Å². The summed E-state index contributed by atoms with van der Waals surface area (Å²) in [6.07, 6.45) is 2.27. The van der Waals surface area contributed by atoms with Crippen molar-refractivity contribution in [1.29, 1.82) is 0 Å². The minimum Gasteiger partial charge on any atom is -0.299 e. The lowest BCUT2D eigenvalue weighted by Gasteiger charge is -2.04. The predicted octanol–water partition coefficient (Wildman–Crippen LogP) is 2.09. The second-order valence-electron chi connectivity index (χ2n) is 3.74. The standard InChI is InChI=1S/C11H10BrN3O3/c12-4-1-5-14-7-13-10-3-2-8(15(17)18)6-9(10)11(14)16/h2-3,6-7H,1,4-5H2. The van der Waals surface area contributed by atoms with Gasteiger partial charge in [0, 0.05) is 24.0 Å². The van der Waals surface area contributed by atoms with Gasteiger partial charge in [0.25, 0.3) is 11.2 Å². The van der Waals surface area contributed by atoms with Gasteiger partial charge in [-0.3, -0.25) is 19.5 Å². The van der Waals surface area contributed by atoms with Crippen molar-refractivity contribution < 1.29 is 4.92 Å². The molecule has 0 amide bonds. The first-order valence-electron chi connectivity index (χ1n) is 5.33. The highest BCUT2D eigenvalue weighted by Crippen LogP contribution is 2.16. The molecule has 0 aliphatic rings. The van der Waals surface area contributed by atoms with Crippen LogP contribution in [0.5, 0.6) is 0 Å². The van der Waals surface area contributed by atoms with Gasteiger partial charge in [0.05, 0.1) is 22.2 Å². The van der Waals surface area contributed by atoms with Crippen LogP contribution in [0.1, 0.15) is 6.42 Å². The van der Waals surface area contributed by atoms with Crippen molar-refractivity contribution in [3.8, 4) is 0 Å². The van der Waals surface area contributed by atoms with Gasteiger partial charge in [-0.2, -0.15) is 0 Å². The van der Waals surface area contributed by atoms with E-state index in [1.165, 1.54) is 29.1 Å². The summed E-state index contributed by atoms with van der Waals surface area (Å²) < 4.78 is 1.47. The molecule has 7 heteroatoms. The molecular formula is C11H10BrN3O3. The van der Waals surface area contributed by atoms with Crippen molar-refractivity contribution in [1.82, 2.24) is 9.55 Å². The second kappa shape index (κ2) is 5.26. The van der Waals surface area contributed by atoms with E-state index in [9.17, 15) is 14.9 Å². The van der Waals surface area contributed by atoms with Gasteiger partial charge in [-0.25, -0.2) is 4.98 Å². The van der Waals surface area contributed by atoms with Gasteiger partial charge in [-0.15, -0.1) is 0 Å². The normalized spacial score (nSPS) is 10.7. The summed E-state index contributed by atoms with van der Waals surface area (Å²) in [4.78, 5) is 26.4. The number of benzene rings is 1. The lowest BCUT2D eigenvalue weighted by atomic mass is 10.2. The Labute approximate surface area is 111 Å². The van der Waals surface area contributed by atoms with Gasteiger partial charge in [-0.05, 0) is 12.5 Å². The molecule has 1 aromatic carbocycles. The maximum Gasteiger partial charge on any atom is 0.270 e. The molecule has 0 radical (unpaired) electrons. The molecule has 94 valence electrons. The average molecular weight is 312 g/mol. The van der Waals surface area contributed by atoms with Crippen LogP contribution in [0.15, 0.2) is 29.3 Å². The van der Waals surface area contributed by atoms with E-state index < -0.39 is 4.92 Å². The molecule has 0 saturated carbocycles. The Kier molecular flexibility index (Phi) is 3.71. The first-order valence-corrected chi connectivity index (χ1v) is 6.45. The average Bonchev–Trinajstić information content (AvgIpc) is 2.37. The van der Waals surface area contributed by atoms with Crippen LogP contribution in [0.25, 0.3) is 10.9 Å². The molecule has 0 spiro atoms. The Morgan fingerprint density at radius 3 is 2.89 bits per heavy atom. The molecule has 0 N–H and O–H groups in total. The molecule has 2 rings (SSSR count). The van der Waals surface area contributed by atoms with Gasteiger partial charge in [-0.1, -0.05) is 15.9 Å². The van der Waals surface area contributed by atoms with Crippen LogP contribution < -0.4 is 5.56 Å². The fourth-order valence-electron chi connectivity index (χ4n) is 1.65. The van der Waals surface area contributed by atoms with Crippen molar-refractivity contribution in [3.05, 3.63) is 45.0 Å². The van der Waals surface area contributed by atoms with Gasteiger partial charge in [0.15, 0.2) is 0 Å². The number of aryl methyl sites for hydroxylation is 1.